The first-order chi connectivity index (χ1) is 12.9. The van der Waals surface area contributed by atoms with Crippen LogP contribution in [0.15, 0.2) is 48.5 Å². The summed E-state index contributed by atoms with van der Waals surface area (Å²) in [6.07, 6.45) is 0.246. The molecule has 2 amide bonds. The van der Waals surface area contributed by atoms with E-state index in [2.05, 4.69) is 10.6 Å². The van der Waals surface area contributed by atoms with E-state index in [1.54, 1.807) is 24.3 Å². The van der Waals surface area contributed by atoms with E-state index in [0.29, 0.717) is 11.3 Å². The zero-order chi connectivity index (χ0) is 19.4. The van der Waals surface area contributed by atoms with Crippen molar-refractivity contribution in [2.45, 2.75) is 12.0 Å². The van der Waals surface area contributed by atoms with Crippen LogP contribution in [0.4, 0.5) is 11.4 Å². The number of nitrogens with one attached hydrogen (secondary N) is 2. The number of carbonyl (C=O) groups excluding carboxylic acids is 2. The summed E-state index contributed by atoms with van der Waals surface area (Å²) in [5.41, 5.74) is -1.26. The number of anilines is 1. The quantitative estimate of drug-likeness (QED) is 0.422. The van der Waals surface area contributed by atoms with Crippen LogP contribution in [0.2, 0.25) is 0 Å². The van der Waals surface area contributed by atoms with Crippen LogP contribution in [0.1, 0.15) is 12.0 Å². The Hall–Kier alpha value is -3.46. The normalized spacial score (nSPS) is 18.0. The molecule has 0 fully saturated rings. The molecule has 1 atom stereocenters. The van der Waals surface area contributed by atoms with Crippen LogP contribution in [0.25, 0.3) is 0 Å². The van der Waals surface area contributed by atoms with Gasteiger partial charge in [0.2, 0.25) is 0 Å². The van der Waals surface area contributed by atoms with E-state index in [1.165, 1.54) is 24.3 Å². The minimum atomic E-state index is -1.37. The van der Waals surface area contributed by atoms with Gasteiger partial charge in [-0.05, 0) is 12.1 Å². The Labute approximate surface area is 154 Å². The lowest BCUT2D eigenvalue weighted by molar-refractivity contribution is -0.383. The highest BCUT2D eigenvalue weighted by molar-refractivity contribution is 6.39. The molecule has 2 aromatic carbocycles. The summed E-state index contributed by atoms with van der Waals surface area (Å²) in [6, 6.07) is 12.4. The van der Waals surface area contributed by atoms with Crippen molar-refractivity contribution in [2.24, 2.45) is 0 Å². The fourth-order valence-corrected chi connectivity index (χ4v) is 2.85. The van der Waals surface area contributed by atoms with Crippen molar-refractivity contribution in [3.8, 4) is 5.75 Å². The van der Waals surface area contributed by atoms with Gasteiger partial charge in [-0.1, -0.05) is 30.3 Å². The monoisotopic (exact) mass is 371 g/mol. The van der Waals surface area contributed by atoms with E-state index >= 15 is 0 Å². The number of hydrogen-bond acceptors (Lipinski definition) is 6. The Balaban J connectivity index is 1.67. The molecular weight excluding hydrogens is 354 g/mol. The maximum absolute atomic E-state index is 12.1. The summed E-state index contributed by atoms with van der Waals surface area (Å²) < 4.78 is 5.47. The van der Waals surface area contributed by atoms with Crippen LogP contribution in [0, 0.1) is 10.1 Å². The number of aliphatic hydroxyl groups is 1. The number of para-hydroxylation sites is 3. The molecule has 2 aromatic rings. The number of ether oxygens (including phenoxy) is 1. The van der Waals surface area contributed by atoms with Gasteiger partial charge in [-0.2, -0.15) is 0 Å². The number of hydrogen-bond donors (Lipinski definition) is 3. The van der Waals surface area contributed by atoms with Crippen LogP contribution < -0.4 is 15.4 Å². The average molecular weight is 371 g/mol. The van der Waals surface area contributed by atoms with Crippen molar-refractivity contribution >= 4 is 23.2 Å². The van der Waals surface area contributed by atoms with Crippen molar-refractivity contribution in [1.82, 2.24) is 5.32 Å². The highest BCUT2D eigenvalue weighted by Crippen LogP contribution is 2.36. The highest BCUT2D eigenvalue weighted by Gasteiger charge is 2.36. The maximum Gasteiger partial charge on any atom is 0.313 e. The largest absolute Gasteiger partial charge is 0.493 e. The van der Waals surface area contributed by atoms with E-state index in [0.717, 1.165) is 0 Å². The summed E-state index contributed by atoms with van der Waals surface area (Å²) >= 11 is 0. The zero-order valence-electron chi connectivity index (χ0n) is 14.2. The predicted octanol–water partition coefficient (Wildman–Crippen LogP) is 1.32. The summed E-state index contributed by atoms with van der Waals surface area (Å²) in [4.78, 5) is 34.5. The summed E-state index contributed by atoms with van der Waals surface area (Å²) in [5, 5.41) is 26.4. The standard InChI is InChI=1S/C18H17N3O6/c22-16(17(23)20-13-6-2-3-7-14(13)21(25)26)19-11-18(24)9-10-27-15-8-4-1-5-12(15)18/h1-8,24H,9-11H2,(H,19,22)(H,20,23). The number of nitro benzene ring substituents is 1. The third-order valence-electron chi connectivity index (χ3n) is 4.26. The molecule has 27 heavy (non-hydrogen) atoms. The van der Waals surface area contributed by atoms with E-state index in [1.807, 2.05) is 0 Å². The molecule has 3 rings (SSSR count). The molecule has 0 radical (unpaired) electrons. The van der Waals surface area contributed by atoms with E-state index in [4.69, 9.17) is 4.74 Å². The van der Waals surface area contributed by atoms with Crippen LogP contribution in [-0.4, -0.2) is 35.0 Å². The average Bonchev–Trinajstić information content (AvgIpc) is 2.67. The third kappa shape index (κ3) is 3.87. The number of benzene rings is 2. The van der Waals surface area contributed by atoms with Crippen molar-refractivity contribution in [3.63, 3.8) is 0 Å². The van der Waals surface area contributed by atoms with Crippen molar-refractivity contribution in [2.75, 3.05) is 18.5 Å². The molecule has 140 valence electrons. The van der Waals surface area contributed by atoms with E-state index in [-0.39, 0.29) is 30.9 Å². The number of nitrogens with zero attached hydrogens (tertiary/aromatic N) is 1. The minimum Gasteiger partial charge on any atom is -0.493 e. The van der Waals surface area contributed by atoms with Gasteiger partial charge < -0.3 is 20.5 Å². The lowest BCUT2D eigenvalue weighted by Crippen LogP contribution is -2.46. The maximum atomic E-state index is 12.1. The lowest BCUT2D eigenvalue weighted by atomic mass is 9.88. The van der Waals surface area contributed by atoms with E-state index in [9.17, 15) is 24.8 Å². The molecule has 0 bridgehead atoms. The highest BCUT2D eigenvalue weighted by atomic mass is 16.6. The van der Waals surface area contributed by atoms with Gasteiger partial charge >= 0.3 is 11.8 Å². The fourth-order valence-electron chi connectivity index (χ4n) is 2.85. The first-order valence-electron chi connectivity index (χ1n) is 8.18. The molecule has 1 aliphatic rings. The number of nitro groups is 1. The van der Waals surface area contributed by atoms with Gasteiger partial charge in [-0.15, -0.1) is 0 Å². The van der Waals surface area contributed by atoms with E-state index < -0.39 is 22.3 Å². The smallest absolute Gasteiger partial charge is 0.313 e. The molecular formula is C18H17N3O6. The SMILES string of the molecule is O=C(NCC1(O)CCOc2ccccc21)C(=O)Nc1ccccc1[N+](=O)[O-]. The van der Waals surface area contributed by atoms with Crippen molar-refractivity contribution in [3.05, 3.63) is 64.2 Å². The minimum absolute atomic E-state index is 0.0854. The molecule has 0 saturated carbocycles. The summed E-state index contributed by atoms with van der Waals surface area (Å²) in [5.74, 6) is -1.55. The van der Waals surface area contributed by atoms with Crippen LogP contribution in [0.3, 0.4) is 0 Å². The Morgan fingerprint density at radius 2 is 1.85 bits per heavy atom. The molecule has 9 heteroatoms. The van der Waals surface area contributed by atoms with Crippen LogP contribution in [-0.2, 0) is 15.2 Å². The number of rotatable bonds is 4. The Morgan fingerprint density at radius 3 is 2.63 bits per heavy atom. The summed E-state index contributed by atoms with van der Waals surface area (Å²) in [7, 11) is 0. The Kier molecular flexibility index (Phi) is 5.04. The van der Waals surface area contributed by atoms with Gasteiger partial charge in [0, 0.05) is 18.1 Å². The molecule has 3 N–H and O–H groups in total. The second kappa shape index (κ2) is 7.42. The van der Waals surface area contributed by atoms with Crippen molar-refractivity contribution < 1.29 is 24.4 Å². The number of amides is 2. The zero-order valence-corrected chi connectivity index (χ0v) is 14.2. The first kappa shape index (κ1) is 18.3. The number of carbonyl (C=O) groups is 2. The second-order valence-corrected chi connectivity index (χ2v) is 6.04. The van der Waals surface area contributed by atoms with Gasteiger partial charge in [0.25, 0.3) is 5.69 Å². The molecule has 1 heterocycles. The molecule has 1 unspecified atom stereocenters. The van der Waals surface area contributed by atoms with Gasteiger partial charge in [0.15, 0.2) is 0 Å². The molecule has 0 aliphatic carbocycles. The topological polar surface area (TPSA) is 131 Å². The van der Waals surface area contributed by atoms with Crippen molar-refractivity contribution in [1.29, 1.82) is 0 Å². The molecule has 9 nitrogen and oxygen atoms in total. The first-order valence-corrected chi connectivity index (χ1v) is 8.18. The van der Waals surface area contributed by atoms with Gasteiger partial charge in [-0.25, -0.2) is 0 Å². The lowest BCUT2D eigenvalue weighted by Gasteiger charge is -2.34. The van der Waals surface area contributed by atoms with Gasteiger partial charge in [0.05, 0.1) is 18.1 Å². The molecule has 0 saturated heterocycles. The van der Waals surface area contributed by atoms with Crippen LogP contribution >= 0.6 is 0 Å². The van der Waals surface area contributed by atoms with Gasteiger partial charge in [0.1, 0.15) is 17.0 Å². The van der Waals surface area contributed by atoms with Crippen LogP contribution in [0.5, 0.6) is 5.75 Å². The number of fused-ring (bicyclic) bond motifs is 1. The molecule has 0 aromatic heterocycles. The third-order valence-corrected chi connectivity index (χ3v) is 4.26. The second-order valence-electron chi connectivity index (χ2n) is 6.04. The Morgan fingerprint density at radius 1 is 1.15 bits per heavy atom. The molecule has 1 aliphatic heterocycles. The predicted molar refractivity (Wildman–Crippen MR) is 95.2 cm³/mol. The Bertz CT molecular complexity index is 900. The summed E-state index contributed by atoms with van der Waals surface area (Å²) in [6.45, 7) is 0.0717. The van der Waals surface area contributed by atoms with Gasteiger partial charge in [-0.3, -0.25) is 19.7 Å². The molecule has 0 spiro atoms. The fraction of sp³-hybridized carbons (Fsp3) is 0.222.